The largest absolute Gasteiger partial charge is 0.496 e. The highest BCUT2D eigenvalue weighted by molar-refractivity contribution is 5.94. The minimum absolute atomic E-state index is 0.0747. The number of benzene rings is 3. The molecule has 0 aliphatic heterocycles. The Morgan fingerprint density at radius 2 is 1.73 bits per heavy atom. The van der Waals surface area contributed by atoms with Gasteiger partial charge in [0.1, 0.15) is 17.3 Å². The van der Waals surface area contributed by atoms with Crippen molar-refractivity contribution < 1.29 is 18.8 Å². The van der Waals surface area contributed by atoms with E-state index in [9.17, 15) is 19.3 Å². The molecule has 30 heavy (non-hydrogen) atoms. The summed E-state index contributed by atoms with van der Waals surface area (Å²) in [7, 11) is 1.40. The van der Waals surface area contributed by atoms with Crippen LogP contribution in [0.4, 0.5) is 15.8 Å². The minimum atomic E-state index is -0.586. The van der Waals surface area contributed by atoms with E-state index in [2.05, 4.69) is 10.6 Å². The Hall–Kier alpha value is -3.78. The van der Waals surface area contributed by atoms with E-state index in [-0.39, 0.29) is 29.8 Å². The number of hydrogen-bond acceptors (Lipinski definition) is 5. The maximum Gasteiger partial charge on any atom is 0.296 e. The van der Waals surface area contributed by atoms with Gasteiger partial charge in [0.05, 0.1) is 30.7 Å². The lowest BCUT2D eigenvalue weighted by Crippen LogP contribution is -2.32. The number of carbonyl (C=O) groups is 1. The molecule has 7 nitrogen and oxygen atoms in total. The van der Waals surface area contributed by atoms with Crippen molar-refractivity contribution in [2.75, 3.05) is 19.0 Å². The molecule has 1 unspecified atom stereocenters. The second-order valence-corrected chi connectivity index (χ2v) is 6.46. The fourth-order valence-electron chi connectivity index (χ4n) is 3.01. The fraction of sp³-hybridized carbons (Fsp3) is 0.136. The Morgan fingerprint density at radius 1 is 1.07 bits per heavy atom. The summed E-state index contributed by atoms with van der Waals surface area (Å²) < 4.78 is 18.3. The van der Waals surface area contributed by atoms with E-state index in [1.165, 1.54) is 37.4 Å². The third-order valence-electron chi connectivity index (χ3n) is 4.48. The number of methoxy groups -OCH3 is 1. The standard InChI is InChI=1S/C22H20FN3O4/c1-30-18-11-12-19(20(13-18)26(28)29)25-21(27)14-24-22(15-5-3-2-4-6-15)16-7-9-17(23)10-8-16/h2-13,22,24H,14H2,1H3,(H,25,27). The van der Waals surface area contributed by atoms with Gasteiger partial charge in [0.25, 0.3) is 5.69 Å². The van der Waals surface area contributed by atoms with Crippen molar-refractivity contribution in [3.63, 3.8) is 0 Å². The van der Waals surface area contributed by atoms with Crippen LogP contribution in [0, 0.1) is 15.9 Å². The number of nitrogens with one attached hydrogen (secondary N) is 2. The highest BCUT2D eigenvalue weighted by Gasteiger charge is 2.19. The van der Waals surface area contributed by atoms with Crippen LogP contribution in [0.25, 0.3) is 0 Å². The number of nitro benzene ring substituents is 1. The highest BCUT2D eigenvalue weighted by Crippen LogP contribution is 2.29. The quantitative estimate of drug-likeness (QED) is 0.432. The Kier molecular flexibility index (Phi) is 6.71. The Morgan fingerprint density at radius 3 is 2.37 bits per heavy atom. The number of amides is 1. The molecule has 0 aromatic heterocycles. The molecule has 0 radical (unpaired) electrons. The lowest BCUT2D eigenvalue weighted by Gasteiger charge is -2.20. The smallest absolute Gasteiger partial charge is 0.296 e. The van der Waals surface area contributed by atoms with Crippen molar-refractivity contribution in [2.24, 2.45) is 0 Å². The maximum absolute atomic E-state index is 13.3. The van der Waals surface area contributed by atoms with Crippen LogP contribution in [-0.2, 0) is 4.79 Å². The first-order valence-corrected chi connectivity index (χ1v) is 9.14. The number of anilines is 1. The molecule has 8 heteroatoms. The molecule has 0 aliphatic carbocycles. The Balaban J connectivity index is 1.75. The summed E-state index contributed by atoms with van der Waals surface area (Å²) in [5.41, 5.74) is 1.49. The van der Waals surface area contributed by atoms with Gasteiger partial charge in [-0.05, 0) is 35.4 Å². The van der Waals surface area contributed by atoms with Gasteiger partial charge in [-0.15, -0.1) is 0 Å². The maximum atomic E-state index is 13.3. The molecule has 0 spiro atoms. The lowest BCUT2D eigenvalue weighted by atomic mass is 9.98. The Bertz CT molecular complexity index is 1030. The second-order valence-electron chi connectivity index (χ2n) is 6.46. The van der Waals surface area contributed by atoms with E-state index in [1.807, 2.05) is 30.3 Å². The number of halogens is 1. The molecule has 2 N–H and O–H groups in total. The normalized spacial score (nSPS) is 11.5. The highest BCUT2D eigenvalue weighted by atomic mass is 19.1. The molecule has 1 atom stereocenters. The second kappa shape index (κ2) is 9.62. The number of carbonyl (C=O) groups excluding carboxylic acids is 1. The van der Waals surface area contributed by atoms with Gasteiger partial charge in [-0.3, -0.25) is 20.2 Å². The number of rotatable bonds is 8. The van der Waals surface area contributed by atoms with Crippen LogP contribution in [0.2, 0.25) is 0 Å². The van der Waals surface area contributed by atoms with Crippen LogP contribution < -0.4 is 15.4 Å². The van der Waals surface area contributed by atoms with Gasteiger partial charge in [-0.2, -0.15) is 0 Å². The van der Waals surface area contributed by atoms with Gasteiger partial charge in [0, 0.05) is 0 Å². The van der Waals surface area contributed by atoms with Crippen LogP contribution in [0.5, 0.6) is 5.75 Å². The third-order valence-corrected chi connectivity index (χ3v) is 4.48. The van der Waals surface area contributed by atoms with Crippen molar-refractivity contribution in [3.8, 4) is 5.75 Å². The number of ether oxygens (including phenoxy) is 1. The first-order chi connectivity index (χ1) is 14.5. The van der Waals surface area contributed by atoms with E-state index < -0.39 is 10.8 Å². The zero-order chi connectivity index (χ0) is 21.5. The fourth-order valence-corrected chi connectivity index (χ4v) is 3.01. The van der Waals surface area contributed by atoms with Crippen LogP contribution in [0.15, 0.2) is 72.8 Å². The number of hydrogen-bond donors (Lipinski definition) is 2. The average Bonchev–Trinajstić information content (AvgIpc) is 2.76. The molecule has 0 saturated carbocycles. The average molecular weight is 409 g/mol. The number of nitro groups is 1. The van der Waals surface area contributed by atoms with Gasteiger partial charge in [-0.25, -0.2) is 4.39 Å². The molecule has 3 rings (SSSR count). The van der Waals surface area contributed by atoms with Gasteiger partial charge >= 0.3 is 0 Å². The summed E-state index contributed by atoms with van der Waals surface area (Å²) in [6.45, 7) is -0.111. The van der Waals surface area contributed by atoms with Crippen molar-refractivity contribution in [1.29, 1.82) is 0 Å². The van der Waals surface area contributed by atoms with E-state index in [0.29, 0.717) is 5.75 Å². The van der Waals surface area contributed by atoms with E-state index in [0.717, 1.165) is 11.1 Å². The van der Waals surface area contributed by atoms with Crippen LogP contribution in [-0.4, -0.2) is 24.5 Å². The zero-order valence-electron chi connectivity index (χ0n) is 16.2. The van der Waals surface area contributed by atoms with E-state index >= 15 is 0 Å². The molecule has 3 aromatic rings. The van der Waals surface area contributed by atoms with Gasteiger partial charge in [0.2, 0.25) is 5.91 Å². The molecule has 0 bridgehead atoms. The van der Waals surface area contributed by atoms with Crippen molar-refractivity contribution in [1.82, 2.24) is 5.32 Å². The predicted octanol–water partition coefficient (Wildman–Crippen LogP) is 4.06. The number of nitrogens with zero attached hydrogens (tertiary/aromatic N) is 1. The summed E-state index contributed by atoms with van der Waals surface area (Å²) >= 11 is 0. The monoisotopic (exact) mass is 409 g/mol. The van der Waals surface area contributed by atoms with Crippen LogP contribution in [0.1, 0.15) is 17.2 Å². The SMILES string of the molecule is COc1ccc(NC(=O)CNC(c2ccccc2)c2ccc(F)cc2)c([N+](=O)[O-])c1. The topological polar surface area (TPSA) is 93.5 Å². The molecule has 0 saturated heterocycles. The van der Waals surface area contributed by atoms with Gasteiger partial charge in [-0.1, -0.05) is 42.5 Å². The van der Waals surface area contributed by atoms with Crippen molar-refractivity contribution >= 4 is 17.3 Å². The third kappa shape index (κ3) is 5.18. The lowest BCUT2D eigenvalue weighted by molar-refractivity contribution is -0.384. The van der Waals surface area contributed by atoms with Crippen molar-refractivity contribution in [2.45, 2.75) is 6.04 Å². The first kappa shape index (κ1) is 20.9. The minimum Gasteiger partial charge on any atom is -0.496 e. The zero-order valence-corrected chi connectivity index (χ0v) is 16.2. The van der Waals surface area contributed by atoms with Gasteiger partial charge < -0.3 is 10.1 Å². The Labute approximate surface area is 172 Å². The molecule has 3 aromatic carbocycles. The molecule has 0 fully saturated rings. The molecule has 0 aliphatic rings. The van der Waals surface area contributed by atoms with Crippen LogP contribution in [0.3, 0.4) is 0 Å². The molecule has 0 heterocycles. The molecular weight excluding hydrogens is 389 g/mol. The van der Waals surface area contributed by atoms with E-state index in [1.54, 1.807) is 12.1 Å². The summed E-state index contributed by atoms with van der Waals surface area (Å²) in [5, 5.41) is 17.0. The summed E-state index contributed by atoms with van der Waals surface area (Å²) in [4.78, 5) is 23.2. The summed E-state index contributed by atoms with van der Waals surface area (Å²) in [5.74, 6) is -0.486. The predicted molar refractivity (Wildman–Crippen MR) is 111 cm³/mol. The molecule has 1 amide bonds. The molecule has 154 valence electrons. The summed E-state index contributed by atoms with van der Waals surface area (Å²) in [6.07, 6.45) is 0. The molecular formula is C22H20FN3O4. The van der Waals surface area contributed by atoms with Crippen LogP contribution >= 0.6 is 0 Å². The van der Waals surface area contributed by atoms with Gasteiger partial charge in [0.15, 0.2) is 0 Å². The first-order valence-electron chi connectivity index (χ1n) is 9.14. The summed E-state index contributed by atoms with van der Waals surface area (Å²) in [6, 6.07) is 19.2. The van der Waals surface area contributed by atoms with Crippen molar-refractivity contribution in [3.05, 3.63) is 99.9 Å². The van der Waals surface area contributed by atoms with E-state index in [4.69, 9.17) is 4.74 Å².